The molecule has 0 heterocycles. The van der Waals surface area contributed by atoms with Gasteiger partial charge in [-0.1, -0.05) is 13.8 Å². The van der Waals surface area contributed by atoms with Crippen LogP contribution < -0.4 is 15.8 Å². The molecule has 3 unspecified atom stereocenters. The first kappa shape index (κ1) is 14.9. The van der Waals surface area contributed by atoms with Crippen molar-refractivity contribution in [3.8, 4) is 5.75 Å². The monoisotopic (exact) mass is 280 g/mol. The number of hydrogen-bond acceptors (Lipinski definition) is 3. The molecule has 1 aliphatic carbocycles. The molecule has 0 amide bonds. The first-order chi connectivity index (χ1) is 9.51. The minimum Gasteiger partial charge on any atom is -0.491 e. The minimum atomic E-state index is -0.402. The normalized spacial score (nSPS) is 26.3. The van der Waals surface area contributed by atoms with Crippen LogP contribution in [0.2, 0.25) is 0 Å². The molecule has 1 saturated carbocycles. The molecular weight excluding hydrogens is 255 g/mol. The van der Waals surface area contributed by atoms with Crippen molar-refractivity contribution < 1.29 is 9.13 Å². The lowest BCUT2D eigenvalue weighted by Gasteiger charge is -2.33. The summed E-state index contributed by atoms with van der Waals surface area (Å²) in [5.41, 5.74) is 7.13. The van der Waals surface area contributed by atoms with Gasteiger partial charge in [0.2, 0.25) is 0 Å². The van der Waals surface area contributed by atoms with E-state index in [-0.39, 0.29) is 5.75 Å². The molecule has 3 atom stereocenters. The number of rotatable bonds is 4. The SMILES string of the molecule is CCOc1cc(NC2CCC(C)C(C)C2)c(N)cc1F. The third kappa shape index (κ3) is 3.35. The molecule has 2 rings (SSSR count). The zero-order valence-electron chi connectivity index (χ0n) is 12.6. The number of hydrogen-bond donors (Lipinski definition) is 2. The molecule has 1 aliphatic rings. The first-order valence-electron chi connectivity index (χ1n) is 7.49. The van der Waals surface area contributed by atoms with Gasteiger partial charge in [0.1, 0.15) is 0 Å². The van der Waals surface area contributed by atoms with Crippen molar-refractivity contribution >= 4 is 11.4 Å². The van der Waals surface area contributed by atoms with Crippen LogP contribution in [0.25, 0.3) is 0 Å². The van der Waals surface area contributed by atoms with Crippen molar-refractivity contribution in [3.05, 3.63) is 17.9 Å². The van der Waals surface area contributed by atoms with E-state index in [1.807, 2.05) is 6.92 Å². The molecule has 3 N–H and O–H groups in total. The summed E-state index contributed by atoms with van der Waals surface area (Å²) >= 11 is 0. The molecule has 0 saturated heterocycles. The average Bonchev–Trinajstić information content (AvgIpc) is 2.39. The Balaban J connectivity index is 2.10. The predicted molar refractivity (Wildman–Crippen MR) is 81.6 cm³/mol. The summed E-state index contributed by atoms with van der Waals surface area (Å²) < 4.78 is 19.0. The van der Waals surface area contributed by atoms with Gasteiger partial charge in [-0.25, -0.2) is 4.39 Å². The molecule has 0 radical (unpaired) electrons. The molecule has 112 valence electrons. The fourth-order valence-electron chi connectivity index (χ4n) is 2.86. The largest absolute Gasteiger partial charge is 0.491 e. The highest BCUT2D eigenvalue weighted by Gasteiger charge is 2.25. The molecule has 0 bridgehead atoms. The van der Waals surface area contributed by atoms with E-state index in [0.29, 0.717) is 24.3 Å². The van der Waals surface area contributed by atoms with Crippen LogP contribution in [0.5, 0.6) is 5.75 Å². The molecular formula is C16H25FN2O. The maximum Gasteiger partial charge on any atom is 0.167 e. The Bertz CT molecular complexity index is 464. The van der Waals surface area contributed by atoms with Crippen molar-refractivity contribution in [1.29, 1.82) is 0 Å². The minimum absolute atomic E-state index is 0.265. The van der Waals surface area contributed by atoms with E-state index in [2.05, 4.69) is 19.2 Å². The molecule has 1 aromatic rings. The summed E-state index contributed by atoms with van der Waals surface area (Å²) in [6.07, 6.45) is 3.48. The first-order valence-corrected chi connectivity index (χ1v) is 7.49. The third-order valence-corrected chi connectivity index (χ3v) is 4.36. The Kier molecular flexibility index (Phi) is 4.73. The lowest BCUT2D eigenvalue weighted by atomic mass is 9.79. The molecule has 4 heteroatoms. The van der Waals surface area contributed by atoms with Gasteiger partial charge in [-0.3, -0.25) is 0 Å². The van der Waals surface area contributed by atoms with E-state index in [9.17, 15) is 4.39 Å². The zero-order valence-corrected chi connectivity index (χ0v) is 12.6. The van der Waals surface area contributed by atoms with Gasteiger partial charge in [0.25, 0.3) is 0 Å². The number of halogens is 1. The second kappa shape index (κ2) is 6.33. The van der Waals surface area contributed by atoms with E-state index < -0.39 is 5.82 Å². The number of ether oxygens (including phenoxy) is 1. The Morgan fingerprint density at radius 3 is 2.70 bits per heavy atom. The summed E-state index contributed by atoms with van der Waals surface area (Å²) in [5.74, 6) is 1.34. The van der Waals surface area contributed by atoms with Crippen molar-refractivity contribution in [2.45, 2.75) is 46.1 Å². The summed E-state index contributed by atoms with van der Waals surface area (Å²) in [4.78, 5) is 0. The Labute approximate surface area is 120 Å². The standard InChI is InChI=1S/C16H25FN2O/c1-4-20-16-9-15(14(18)8-13(16)17)19-12-6-5-10(2)11(3)7-12/h8-12,19H,4-7,18H2,1-3H3. The van der Waals surface area contributed by atoms with Crippen LogP contribution in [0.3, 0.4) is 0 Å². The van der Waals surface area contributed by atoms with Gasteiger partial charge in [-0.15, -0.1) is 0 Å². The average molecular weight is 280 g/mol. The predicted octanol–water partition coefficient (Wildman–Crippen LogP) is 4.04. The fraction of sp³-hybridized carbons (Fsp3) is 0.625. The van der Waals surface area contributed by atoms with E-state index in [1.165, 1.54) is 12.5 Å². The topological polar surface area (TPSA) is 47.3 Å². The van der Waals surface area contributed by atoms with Gasteiger partial charge in [0.05, 0.1) is 18.0 Å². The van der Waals surface area contributed by atoms with Crippen molar-refractivity contribution in [2.75, 3.05) is 17.7 Å². The van der Waals surface area contributed by atoms with Gasteiger partial charge >= 0.3 is 0 Å². The van der Waals surface area contributed by atoms with Crippen molar-refractivity contribution in [3.63, 3.8) is 0 Å². The van der Waals surface area contributed by atoms with Crippen LogP contribution in [-0.2, 0) is 0 Å². The number of nitrogens with one attached hydrogen (secondary N) is 1. The molecule has 3 nitrogen and oxygen atoms in total. The van der Waals surface area contributed by atoms with Gasteiger partial charge in [-0.2, -0.15) is 0 Å². The maximum absolute atomic E-state index is 13.7. The second-order valence-corrected chi connectivity index (χ2v) is 5.91. The highest BCUT2D eigenvalue weighted by Crippen LogP contribution is 2.34. The van der Waals surface area contributed by atoms with E-state index in [4.69, 9.17) is 10.5 Å². The van der Waals surface area contributed by atoms with Crippen LogP contribution in [0.15, 0.2) is 12.1 Å². The third-order valence-electron chi connectivity index (χ3n) is 4.36. The van der Waals surface area contributed by atoms with Gasteiger partial charge in [0.15, 0.2) is 11.6 Å². The molecule has 1 aromatic carbocycles. The van der Waals surface area contributed by atoms with Crippen molar-refractivity contribution in [1.82, 2.24) is 0 Å². The van der Waals surface area contributed by atoms with E-state index >= 15 is 0 Å². The number of anilines is 2. The molecule has 1 fully saturated rings. The highest BCUT2D eigenvalue weighted by atomic mass is 19.1. The fourth-order valence-corrected chi connectivity index (χ4v) is 2.86. The van der Waals surface area contributed by atoms with E-state index in [1.54, 1.807) is 6.07 Å². The Hall–Kier alpha value is -1.45. The second-order valence-electron chi connectivity index (χ2n) is 5.91. The number of nitrogens with two attached hydrogens (primary N) is 1. The van der Waals surface area contributed by atoms with Crippen LogP contribution in [-0.4, -0.2) is 12.6 Å². The quantitative estimate of drug-likeness (QED) is 0.818. The van der Waals surface area contributed by atoms with E-state index in [0.717, 1.165) is 24.4 Å². The van der Waals surface area contributed by atoms with Crippen LogP contribution in [0, 0.1) is 17.7 Å². The van der Waals surface area contributed by atoms with Crippen LogP contribution in [0.1, 0.15) is 40.0 Å². The van der Waals surface area contributed by atoms with Gasteiger partial charge < -0.3 is 15.8 Å². The number of nitrogen functional groups attached to an aromatic ring is 1. The lowest BCUT2D eigenvalue weighted by Crippen LogP contribution is -2.30. The van der Waals surface area contributed by atoms with Crippen LogP contribution in [0.4, 0.5) is 15.8 Å². The summed E-state index contributed by atoms with van der Waals surface area (Å²) in [5, 5.41) is 3.45. The Morgan fingerprint density at radius 1 is 1.30 bits per heavy atom. The highest BCUT2D eigenvalue weighted by molar-refractivity contribution is 5.69. The summed E-state index contributed by atoms with van der Waals surface area (Å²) in [6.45, 7) is 6.88. The lowest BCUT2D eigenvalue weighted by molar-refractivity contribution is 0.261. The molecule has 0 aliphatic heterocycles. The summed E-state index contributed by atoms with van der Waals surface area (Å²) in [6, 6.07) is 3.42. The molecule has 0 spiro atoms. The molecule has 20 heavy (non-hydrogen) atoms. The summed E-state index contributed by atoms with van der Waals surface area (Å²) in [7, 11) is 0. The zero-order chi connectivity index (χ0) is 14.7. The van der Waals surface area contributed by atoms with Crippen LogP contribution >= 0.6 is 0 Å². The Morgan fingerprint density at radius 2 is 2.05 bits per heavy atom. The van der Waals surface area contributed by atoms with Gasteiger partial charge in [0, 0.05) is 18.2 Å². The number of benzene rings is 1. The van der Waals surface area contributed by atoms with Gasteiger partial charge in [-0.05, 0) is 38.0 Å². The molecule has 0 aromatic heterocycles. The smallest absolute Gasteiger partial charge is 0.167 e. The maximum atomic E-state index is 13.7. The van der Waals surface area contributed by atoms with Crippen molar-refractivity contribution in [2.24, 2.45) is 11.8 Å².